The Morgan fingerprint density at radius 1 is 1.10 bits per heavy atom. The van der Waals surface area contributed by atoms with Crippen LogP contribution in [0.15, 0.2) is 35.4 Å². The molecule has 2 N–H and O–H groups in total. The lowest BCUT2D eigenvalue weighted by molar-refractivity contribution is -0.126. The lowest BCUT2D eigenvalue weighted by Crippen LogP contribution is -2.25. The second-order valence-electron chi connectivity index (χ2n) is 4.50. The Morgan fingerprint density at radius 3 is 2.40 bits per heavy atom. The molecule has 5 nitrogen and oxygen atoms in total. The smallest absolute Gasteiger partial charge is 0.240 e. The highest BCUT2D eigenvalue weighted by Crippen LogP contribution is 1.98. The highest BCUT2D eigenvalue weighted by Gasteiger charge is 2.06. The molecule has 0 aliphatic heterocycles. The first kappa shape index (κ1) is 15.9. The van der Waals surface area contributed by atoms with E-state index in [4.69, 9.17) is 0 Å². The fourth-order valence-corrected chi connectivity index (χ4v) is 1.40. The first-order chi connectivity index (χ1) is 9.61. The molecule has 0 saturated carbocycles. The summed E-state index contributed by atoms with van der Waals surface area (Å²) in [4.78, 5) is 23.0. The zero-order chi connectivity index (χ0) is 14.8. The van der Waals surface area contributed by atoms with Gasteiger partial charge in [-0.15, -0.1) is 0 Å². The summed E-state index contributed by atoms with van der Waals surface area (Å²) in [6.07, 6.45) is 1.10. The van der Waals surface area contributed by atoms with Gasteiger partial charge in [0.05, 0.1) is 0 Å². The molecule has 0 aliphatic rings. The number of hydrazone groups is 1. The predicted molar refractivity (Wildman–Crippen MR) is 79.1 cm³/mol. The third kappa shape index (κ3) is 6.68. The molecule has 1 aromatic carbocycles. The first-order valence-electron chi connectivity index (χ1n) is 6.74. The van der Waals surface area contributed by atoms with E-state index in [1.54, 1.807) is 0 Å². The average Bonchev–Trinajstić information content (AvgIpc) is 2.49. The Kier molecular flexibility index (Phi) is 7.03. The van der Waals surface area contributed by atoms with Gasteiger partial charge in [0.15, 0.2) is 0 Å². The van der Waals surface area contributed by atoms with Crippen molar-refractivity contribution in [1.29, 1.82) is 0 Å². The molecule has 1 aromatic rings. The number of hydrogen-bond acceptors (Lipinski definition) is 3. The number of benzene rings is 1. The van der Waals surface area contributed by atoms with Crippen molar-refractivity contribution in [3.63, 3.8) is 0 Å². The minimum atomic E-state index is -0.243. The van der Waals surface area contributed by atoms with Gasteiger partial charge >= 0.3 is 0 Å². The van der Waals surface area contributed by atoms with Gasteiger partial charge in [0.2, 0.25) is 11.8 Å². The molecule has 0 fully saturated rings. The van der Waals surface area contributed by atoms with Crippen LogP contribution in [0.3, 0.4) is 0 Å². The SMILES string of the molecule is CC/C(C)=N\NC(=O)CCC(=O)NCc1ccccc1. The number of hydrogen-bond donors (Lipinski definition) is 2. The fraction of sp³-hybridized carbons (Fsp3) is 0.400. The van der Waals surface area contributed by atoms with Crippen LogP contribution in [-0.4, -0.2) is 17.5 Å². The van der Waals surface area contributed by atoms with E-state index in [2.05, 4.69) is 15.8 Å². The molecule has 2 amide bonds. The standard InChI is InChI=1S/C15H21N3O2/c1-3-12(2)17-18-15(20)10-9-14(19)16-11-13-7-5-4-6-8-13/h4-8H,3,9-11H2,1-2H3,(H,16,19)(H,18,20)/b17-12-. The molecule has 0 bridgehead atoms. The lowest BCUT2D eigenvalue weighted by Gasteiger charge is -2.05. The maximum Gasteiger partial charge on any atom is 0.240 e. The van der Waals surface area contributed by atoms with E-state index in [1.165, 1.54) is 0 Å². The fourth-order valence-electron chi connectivity index (χ4n) is 1.40. The summed E-state index contributed by atoms with van der Waals surface area (Å²) in [5.41, 5.74) is 4.32. The van der Waals surface area contributed by atoms with Gasteiger partial charge in [0, 0.05) is 25.1 Å². The van der Waals surface area contributed by atoms with Gasteiger partial charge in [-0.2, -0.15) is 5.10 Å². The Morgan fingerprint density at radius 2 is 1.75 bits per heavy atom. The molecule has 108 valence electrons. The van der Waals surface area contributed by atoms with Crippen molar-refractivity contribution >= 4 is 17.5 Å². The van der Waals surface area contributed by atoms with Gasteiger partial charge in [-0.25, -0.2) is 5.43 Å². The third-order valence-electron chi connectivity index (χ3n) is 2.79. The quantitative estimate of drug-likeness (QED) is 0.590. The molecule has 0 heterocycles. The zero-order valence-electron chi connectivity index (χ0n) is 12.0. The summed E-state index contributed by atoms with van der Waals surface area (Å²) in [6.45, 7) is 4.28. The predicted octanol–water partition coefficient (Wildman–Crippen LogP) is 1.99. The van der Waals surface area contributed by atoms with Crippen molar-refractivity contribution in [1.82, 2.24) is 10.7 Å². The second kappa shape index (κ2) is 8.85. The molecule has 20 heavy (non-hydrogen) atoms. The van der Waals surface area contributed by atoms with Crippen molar-refractivity contribution in [3.8, 4) is 0 Å². The lowest BCUT2D eigenvalue weighted by atomic mass is 10.2. The highest BCUT2D eigenvalue weighted by atomic mass is 16.2. The van der Waals surface area contributed by atoms with Crippen molar-refractivity contribution in [2.24, 2.45) is 5.10 Å². The largest absolute Gasteiger partial charge is 0.352 e. The Balaban J connectivity index is 2.21. The maximum atomic E-state index is 11.6. The van der Waals surface area contributed by atoms with E-state index < -0.39 is 0 Å². The normalized spacial score (nSPS) is 11.0. The van der Waals surface area contributed by atoms with E-state index in [0.29, 0.717) is 6.54 Å². The van der Waals surface area contributed by atoms with Gasteiger partial charge in [0.1, 0.15) is 0 Å². The monoisotopic (exact) mass is 275 g/mol. The van der Waals surface area contributed by atoms with E-state index in [0.717, 1.165) is 17.7 Å². The highest BCUT2D eigenvalue weighted by molar-refractivity contribution is 5.86. The van der Waals surface area contributed by atoms with Crippen molar-refractivity contribution in [2.45, 2.75) is 39.7 Å². The third-order valence-corrected chi connectivity index (χ3v) is 2.79. The number of rotatable bonds is 7. The number of carbonyl (C=O) groups excluding carboxylic acids is 2. The van der Waals surface area contributed by atoms with Crippen LogP contribution in [0.5, 0.6) is 0 Å². The maximum absolute atomic E-state index is 11.6. The van der Waals surface area contributed by atoms with E-state index in [-0.39, 0.29) is 24.7 Å². The molecule has 0 unspecified atom stereocenters. The molecule has 5 heteroatoms. The van der Waals surface area contributed by atoms with E-state index in [9.17, 15) is 9.59 Å². The topological polar surface area (TPSA) is 70.6 Å². The van der Waals surface area contributed by atoms with Crippen LogP contribution in [0.2, 0.25) is 0 Å². The van der Waals surface area contributed by atoms with Gasteiger partial charge in [0.25, 0.3) is 0 Å². The summed E-state index contributed by atoms with van der Waals surface area (Å²) in [5, 5.41) is 6.68. The second-order valence-corrected chi connectivity index (χ2v) is 4.50. The molecule has 0 aliphatic carbocycles. The Hall–Kier alpha value is -2.17. The Bertz CT molecular complexity index is 469. The molecule has 0 saturated heterocycles. The molecule has 0 aromatic heterocycles. The number of nitrogens with zero attached hydrogens (tertiary/aromatic N) is 1. The zero-order valence-corrected chi connectivity index (χ0v) is 12.0. The molecule has 1 rings (SSSR count). The van der Waals surface area contributed by atoms with Gasteiger partial charge in [-0.3, -0.25) is 9.59 Å². The summed E-state index contributed by atoms with van der Waals surface area (Å²) in [6, 6.07) is 9.64. The minimum absolute atomic E-state index is 0.139. The minimum Gasteiger partial charge on any atom is -0.352 e. The van der Waals surface area contributed by atoms with Crippen molar-refractivity contribution < 1.29 is 9.59 Å². The molecule has 0 radical (unpaired) electrons. The van der Waals surface area contributed by atoms with Crippen LogP contribution in [0, 0.1) is 0 Å². The van der Waals surface area contributed by atoms with Crippen LogP contribution < -0.4 is 10.7 Å². The van der Waals surface area contributed by atoms with Gasteiger partial charge in [-0.05, 0) is 18.9 Å². The van der Waals surface area contributed by atoms with Crippen LogP contribution >= 0.6 is 0 Å². The number of amides is 2. The van der Waals surface area contributed by atoms with E-state index >= 15 is 0 Å². The van der Waals surface area contributed by atoms with Crippen LogP contribution in [0.25, 0.3) is 0 Å². The van der Waals surface area contributed by atoms with Crippen LogP contribution in [0.1, 0.15) is 38.7 Å². The molecular formula is C15H21N3O2. The van der Waals surface area contributed by atoms with Crippen molar-refractivity contribution in [2.75, 3.05) is 0 Å². The average molecular weight is 275 g/mol. The van der Waals surface area contributed by atoms with Gasteiger partial charge in [-0.1, -0.05) is 37.3 Å². The summed E-state index contributed by atoms with van der Waals surface area (Å²) in [7, 11) is 0. The van der Waals surface area contributed by atoms with Crippen LogP contribution in [0.4, 0.5) is 0 Å². The molecule has 0 atom stereocenters. The molecular weight excluding hydrogens is 254 g/mol. The first-order valence-corrected chi connectivity index (χ1v) is 6.74. The summed E-state index contributed by atoms with van der Waals surface area (Å²) in [5.74, 6) is -0.382. The number of carbonyl (C=O) groups is 2. The van der Waals surface area contributed by atoms with Crippen LogP contribution in [-0.2, 0) is 16.1 Å². The number of nitrogens with one attached hydrogen (secondary N) is 2. The summed E-state index contributed by atoms with van der Waals surface area (Å²) < 4.78 is 0. The van der Waals surface area contributed by atoms with Gasteiger partial charge < -0.3 is 5.32 Å². The summed E-state index contributed by atoms with van der Waals surface area (Å²) >= 11 is 0. The molecule has 0 spiro atoms. The Labute approximate surface area is 119 Å². The van der Waals surface area contributed by atoms with Crippen molar-refractivity contribution in [3.05, 3.63) is 35.9 Å². The van der Waals surface area contributed by atoms with E-state index in [1.807, 2.05) is 44.2 Å².